The van der Waals surface area contributed by atoms with Crippen LogP contribution in [0.4, 0.5) is 0 Å². The number of allylic oxidation sites excluding steroid dienone is 4. The number of carbonyl (C=O) groups excluding carboxylic acids is 1. The minimum atomic E-state index is -0.127. The van der Waals surface area contributed by atoms with Crippen molar-refractivity contribution in [3.05, 3.63) is 83.2 Å². The number of benzene rings is 1. The molecule has 1 saturated carbocycles. The van der Waals surface area contributed by atoms with Gasteiger partial charge in [-0.1, -0.05) is 42.5 Å². The van der Waals surface area contributed by atoms with Crippen LogP contribution in [0.15, 0.2) is 72.1 Å². The smallest absolute Gasteiger partial charge is 0.306 e. The van der Waals surface area contributed by atoms with Gasteiger partial charge in [0, 0.05) is 12.5 Å². The Labute approximate surface area is 197 Å². The lowest BCUT2D eigenvalue weighted by molar-refractivity contribution is -0.143. The van der Waals surface area contributed by atoms with Crippen LogP contribution in [0.5, 0.6) is 0 Å². The van der Waals surface area contributed by atoms with Crippen molar-refractivity contribution in [2.45, 2.75) is 76.8 Å². The van der Waals surface area contributed by atoms with Crippen LogP contribution in [0.2, 0.25) is 0 Å². The molecule has 1 aromatic carbocycles. The second-order valence-corrected chi connectivity index (χ2v) is 9.04. The minimum Gasteiger partial charge on any atom is -0.466 e. The summed E-state index contributed by atoms with van der Waals surface area (Å²) in [6.07, 6.45) is 16.4. The fraction of sp³-hybridized carbons (Fsp3) is 0.464. The van der Waals surface area contributed by atoms with Gasteiger partial charge in [0.25, 0.3) is 0 Å². The van der Waals surface area contributed by atoms with Crippen molar-refractivity contribution in [2.24, 2.45) is 0 Å². The van der Waals surface area contributed by atoms with Gasteiger partial charge in [0.15, 0.2) is 11.5 Å². The summed E-state index contributed by atoms with van der Waals surface area (Å²) in [6, 6.07) is 9.29. The Hall–Kier alpha value is -2.79. The molecule has 176 valence electrons. The van der Waals surface area contributed by atoms with Crippen LogP contribution in [-0.4, -0.2) is 24.7 Å². The number of nitrogens with one attached hydrogen (secondary N) is 1. The van der Waals surface area contributed by atoms with Gasteiger partial charge in [-0.25, -0.2) is 0 Å². The molecular weight excluding hydrogens is 414 g/mol. The third-order valence-electron chi connectivity index (χ3n) is 6.65. The summed E-state index contributed by atoms with van der Waals surface area (Å²) in [5.41, 5.74) is 3.74. The summed E-state index contributed by atoms with van der Waals surface area (Å²) >= 11 is 0. The van der Waals surface area contributed by atoms with Crippen LogP contribution in [0, 0.1) is 0 Å². The average Bonchev–Trinajstić information content (AvgIpc) is 3.32. The first-order chi connectivity index (χ1) is 16.1. The van der Waals surface area contributed by atoms with E-state index in [0.29, 0.717) is 25.0 Å². The van der Waals surface area contributed by atoms with Gasteiger partial charge in [-0.3, -0.25) is 4.79 Å². The Morgan fingerprint density at radius 2 is 2.03 bits per heavy atom. The second-order valence-electron chi connectivity index (χ2n) is 9.04. The quantitative estimate of drug-likeness (QED) is 0.483. The van der Waals surface area contributed by atoms with Crippen molar-refractivity contribution < 1.29 is 19.0 Å². The maximum atomic E-state index is 11.6. The number of hydrogen-bond donors (Lipinski definition) is 1. The molecule has 0 bridgehead atoms. The lowest BCUT2D eigenvalue weighted by atomic mass is 9.95. The molecule has 0 saturated heterocycles. The van der Waals surface area contributed by atoms with Gasteiger partial charge in [0.2, 0.25) is 0 Å². The highest BCUT2D eigenvalue weighted by Gasteiger charge is 2.28. The van der Waals surface area contributed by atoms with E-state index in [1.54, 1.807) is 12.5 Å². The van der Waals surface area contributed by atoms with E-state index in [4.69, 9.17) is 14.2 Å². The lowest BCUT2D eigenvalue weighted by Crippen LogP contribution is -2.37. The molecular formula is C28H35NO4. The zero-order chi connectivity index (χ0) is 23.0. The van der Waals surface area contributed by atoms with Crippen molar-refractivity contribution in [3.63, 3.8) is 0 Å². The number of ether oxygens (including phenoxy) is 3. The summed E-state index contributed by atoms with van der Waals surface area (Å²) in [5.74, 6) is 2.06. The van der Waals surface area contributed by atoms with E-state index in [2.05, 4.69) is 54.7 Å². The standard InChI is InChI=1S/C28H35NO4/c1-3-31-28(30)16-11-21-9-12-22(13-10-21)24-14-15-25(17-24)29-20(2)26-18-33-27(19-32-26)23-7-5-4-6-8-23/h4-5,7,9-10,12-13,18-20,24-25,29H,3,6,8,11,14-17H2,1-2H3. The molecule has 3 aliphatic rings. The van der Waals surface area contributed by atoms with E-state index in [0.717, 1.165) is 43.6 Å². The van der Waals surface area contributed by atoms with Gasteiger partial charge in [-0.2, -0.15) is 0 Å². The first-order valence-corrected chi connectivity index (χ1v) is 12.2. The maximum Gasteiger partial charge on any atom is 0.306 e. The van der Waals surface area contributed by atoms with E-state index >= 15 is 0 Å². The number of aryl methyl sites for hydroxylation is 1. The van der Waals surface area contributed by atoms with Gasteiger partial charge in [0.1, 0.15) is 12.5 Å². The van der Waals surface area contributed by atoms with Gasteiger partial charge < -0.3 is 19.5 Å². The van der Waals surface area contributed by atoms with E-state index in [9.17, 15) is 4.79 Å². The van der Waals surface area contributed by atoms with Crippen molar-refractivity contribution in [1.29, 1.82) is 0 Å². The number of carbonyl (C=O) groups is 1. The largest absolute Gasteiger partial charge is 0.466 e. The number of hydrogen-bond acceptors (Lipinski definition) is 5. The Balaban J connectivity index is 1.23. The number of rotatable bonds is 9. The monoisotopic (exact) mass is 449 g/mol. The third-order valence-corrected chi connectivity index (χ3v) is 6.65. The molecule has 4 rings (SSSR count). The summed E-state index contributed by atoms with van der Waals surface area (Å²) in [4.78, 5) is 11.6. The fourth-order valence-corrected chi connectivity index (χ4v) is 4.77. The molecule has 0 aromatic heterocycles. The number of esters is 1. The zero-order valence-electron chi connectivity index (χ0n) is 19.7. The Bertz CT molecular complexity index is 941. The molecule has 0 amide bonds. The average molecular weight is 450 g/mol. The van der Waals surface area contributed by atoms with Crippen molar-refractivity contribution in [3.8, 4) is 0 Å². The van der Waals surface area contributed by atoms with Gasteiger partial charge in [-0.15, -0.1) is 0 Å². The van der Waals surface area contributed by atoms with Crippen molar-refractivity contribution >= 4 is 5.97 Å². The van der Waals surface area contributed by atoms with E-state index in [1.807, 2.05) is 6.92 Å². The van der Waals surface area contributed by atoms with Gasteiger partial charge >= 0.3 is 5.97 Å². The van der Waals surface area contributed by atoms with Crippen LogP contribution in [0.25, 0.3) is 0 Å². The van der Waals surface area contributed by atoms with E-state index < -0.39 is 0 Å². The molecule has 1 heterocycles. The second kappa shape index (κ2) is 11.4. The molecule has 3 unspecified atom stereocenters. The molecule has 1 N–H and O–H groups in total. The van der Waals surface area contributed by atoms with Gasteiger partial charge in [-0.05, 0) is 75.0 Å². The summed E-state index contributed by atoms with van der Waals surface area (Å²) in [7, 11) is 0. The molecule has 1 fully saturated rings. The highest BCUT2D eigenvalue weighted by Crippen LogP contribution is 2.35. The van der Waals surface area contributed by atoms with Gasteiger partial charge in [0.05, 0.1) is 12.6 Å². The van der Waals surface area contributed by atoms with Crippen LogP contribution < -0.4 is 5.32 Å². The molecule has 3 atom stereocenters. The van der Waals surface area contributed by atoms with E-state index in [1.165, 1.54) is 23.1 Å². The van der Waals surface area contributed by atoms with Crippen molar-refractivity contribution in [1.82, 2.24) is 5.32 Å². The highest BCUT2D eigenvalue weighted by atomic mass is 16.5. The van der Waals surface area contributed by atoms with E-state index in [-0.39, 0.29) is 12.0 Å². The Morgan fingerprint density at radius 1 is 1.18 bits per heavy atom. The molecule has 5 heteroatoms. The maximum absolute atomic E-state index is 11.6. The first-order valence-electron chi connectivity index (χ1n) is 12.2. The zero-order valence-corrected chi connectivity index (χ0v) is 19.7. The lowest BCUT2D eigenvalue weighted by Gasteiger charge is -2.24. The molecule has 33 heavy (non-hydrogen) atoms. The SMILES string of the molecule is CCOC(=O)CCc1ccc(C2CCC(NC(C)C3=COC(C4=CC=CCC4)=CO3)C2)cc1. The molecule has 1 aromatic rings. The van der Waals surface area contributed by atoms with Crippen LogP contribution in [-0.2, 0) is 25.4 Å². The predicted molar refractivity (Wildman–Crippen MR) is 129 cm³/mol. The summed E-state index contributed by atoms with van der Waals surface area (Å²) in [5, 5.41) is 3.72. The normalized spacial score (nSPS) is 23.0. The summed E-state index contributed by atoms with van der Waals surface area (Å²) < 4.78 is 16.8. The molecule has 5 nitrogen and oxygen atoms in total. The fourth-order valence-electron chi connectivity index (χ4n) is 4.77. The molecule has 0 radical (unpaired) electrons. The molecule has 0 spiro atoms. The molecule has 2 aliphatic carbocycles. The first kappa shape index (κ1) is 23.4. The van der Waals surface area contributed by atoms with Crippen LogP contribution in [0.1, 0.15) is 69.4 Å². The van der Waals surface area contributed by atoms with Crippen LogP contribution >= 0.6 is 0 Å². The third kappa shape index (κ3) is 6.38. The Kier molecular flexibility index (Phi) is 8.05. The topological polar surface area (TPSA) is 56.8 Å². The Morgan fingerprint density at radius 3 is 2.73 bits per heavy atom. The minimum absolute atomic E-state index is 0.0945. The summed E-state index contributed by atoms with van der Waals surface area (Å²) in [6.45, 7) is 4.41. The highest BCUT2D eigenvalue weighted by molar-refractivity contribution is 5.69. The predicted octanol–water partition coefficient (Wildman–Crippen LogP) is 5.80. The molecule has 1 aliphatic heterocycles. The van der Waals surface area contributed by atoms with Crippen molar-refractivity contribution in [2.75, 3.05) is 6.61 Å². The van der Waals surface area contributed by atoms with Crippen LogP contribution in [0.3, 0.4) is 0 Å².